The van der Waals surface area contributed by atoms with Gasteiger partial charge in [-0.25, -0.2) is 0 Å². The van der Waals surface area contributed by atoms with E-state index in [2.05, 4.69) is 5.32 Å². The Labute approximate surface area is 196 Å². The van der Waals surface area contributed by atoms with Gasteiger partial charge >= 0.3 is 0 Å². The quantitative estimate of drug-likeness (QED) is 0.608. The minimum atomic E-state index is -0.672. The monoisotopic (exact) mass is 482 g/mol. The molecule has 1 N–H and O–H groups in total. The number of nitrogens with one attached hydrogen (secondary N) is 1. The highest BCUT2D eigenvalue weighted by Gasteiger charge is 2.25. The summed E-state index contributed by atoms with van der Waals surface area (Å²) in [6, 6.07) is 9.60. The van der Waals surface area contributed by atoms with Crippen molar-refractivity contribution in [1.29, 1.82) is 0 Å². The SMILES string of the molecule is CSCCC(NC(=O)c1ccc(Cl)cc1Cl)C(=O)N(C)Cc1ccc2c(c1)OCCO2. The number of carbonyl (C=O) groups is 2. The minimum Gasteiger partial charge on any atom is -0.486 e. The number of amides is 2. The number of fused-ring (bicyclic) bond motifs is 1. The predicted molar refractivity (Wildman–Crippen MR) is 125 cm³/mol. The van der Waals surface area contributed by atoms with E-state index in [-0.39, 0.29) is 16.5 Å². The summed E-state index contributed by atoms with van der Waals surface area (Å²) < 4.78 is 11.2. The number of nitrogens with zero attached hydrogens (tertiary/aromatic N) is 1. The Balaban J connectivity index is 1.70. The van der Waals surface area contributed by atoms with E-state index < -0.39 is 11.9 Å². The van der Waals surface area contributed by atoms with Gasteiger partial charge in [0.25, 0.3) is 5.91 Å². The molecule has 0 aromatic heterocycles. The first-order valence-electron chi connectivity index (χ1n) is 9.77. The Hall–Kier alpha value is -2.09. The molecule has 1 heterocycles. The Morgan fingerprint density at radius 3 is 2.58 bits per heavy atom. The maximum atomic E-state index is 13.1. The van der Waals surface area contributed by atoms with Gasteiger partial charge in [-0.15, -0.1) is 0 Å². The fraction of sp³-hybridized carbons (Fsp3) is 0.364. The van der Waals surface area contributed by atoms with E-state index in [4.69, 9.17) is 32.7 Å². The number of carbonyl (C=O) groups excluding carboxylic acids is 2. The van der Waals surface area contributed by atoms with Crippen LogP contribution in [0.15, 0.2) is 36.4 Å². The van der Waals surface area contributed by atoms with Gasteiger partial charge in [-0.2, -0.15) is 11.8 Å². The maximum Gasteiger partial charge on any atom is 0.253 e. The molecule has 0 aliphatic carbocycles. The molecule has 0 fully saturated rings. The molecule has 2 amide bonds. The lowest BCUT2D eigenvalue weighted by molar-refractivity contribution is -0.132. The molecule has 3 rings (SSSR count). The first-order chi connectivity index (χ1) is 14.9. The number of ether oxygens (including phenoxy) is 2. The molecule has 0 saturated heterocycles. The smallest absolute Gasteiger partial charge is 0.253 e. The molecular weight excluding hydrogens is 459 g/mol. The van der Waals surface area contributed by atoms with E-state index in [9.17, 15) is 9.59 Å². The van der Waals surface area contributed by atoms with Crippen LogP contribution in [0.1, 0.15) is 22.3 Å². The highest BCUT2D eigenvalue weighted by atomic mass is 35.5. The summed E-state index contributed by atoms with van der Waals surface area (Å²) in [5, 5.41) is 3.51. The van der Waals surface area contributed by atoms with Crippen LogP contribution in [-0.4, -0.2) is 55.0 Å². The number of hydrogen-bond acceptors (Lipinski definition) is 5. The standard InChI is InChI=1S/C22H24Cl2N2O4S/c1-26(13-14-3-6-19-20(11-14)30-9-8-29-19)22(28)18(7-10-31-2)25-21(27)16-5-4-15(23)12-17(16)24/h3-6,11-12,18H,7-10,13H2,1-2H3,(H,25,27). The zero-order valence-corrected chi connectivity index (χ0v) is 19.6. The van der Waals surface area contributed by atoms with Gasteiger partial charge in [-0.05, 0) is 54.3 Å². The molecule has 0 saturated carbocycles. The van der Waals surface area contributed by atoms with Gasteiger partial charge in [0.2, 0.25) is 5.91 Å². The third-order valence-corrected chi connectivity index (χ3v) is 5.98. The second kappa shape index (κ2) is 11.0. The second-order valence-electron chi connectivity index (χ2n) is 7.10. The van der Waals surface area contributed by atoms with Crippen molar-refractivity contribution >= 4 is 46.8 Å². The molecular formula is C22H24Cl2N2O4S. The summed E-state index contributed by atoms with van der Waals surface area (Å²) in [5.41, 5.74) is 1.19. The lowest BCUT2D eigenvalue weighted by Crippen LogP contribution is -2.47. The number of rotatable bonds is 8. The van der Waals surface area contributed by atoms with Crippen molar-refractivity contribution in [3.8, 4) is 11.5 Å². The lowest BCUT2D eigenvalue weighted by Gasteiger charge is -2.25. The molecule has 6 nitrogen and oxygen atoms in total. The zero-order chi connectivity index (χ0) is 22.4. The van der Waals surface area contributed by atoms with Crippen molar-refractivity contribution in [2.24, 2.45) is 0 Å². The van der Waals surface area contributed by atoms with Gasteiger partial charge in [0.15, 0.2) is 11.5 Å². The molecule has 0 spiro atoms. The van der Waals surface area contributed by atoms with Gasteiger partial charge in [-0.1, -0.05) is 29.3 Å². The van der Waals surface area contributed by atoms with Crippen molar-refractivity contribution in [3.63, 3.8) is 0 Å². The third-order valence-electron chi connectivity index (χ3n) is 4.79. The first kappa shape index (κ1) is 23.6. The fourth-order valence-electron chi connectivity index (χ4n) is 3.21. The van der Waals surface area contributed by atoms with E-state index in [1.807, 2.05) is 24.5 Å². The number of benzene rings is 2. The van der Waals surface area contributed by atoms with E-state index in [1.54, 1.807) is 35.8 Å². The van der Waals surface area contributed by atoms with Crippen LogP contribution in [0, 0.1) is 0 Å². The summed E-state index contributed by atoms with van der Waals surface area (Å²) in [6.45, 7) is 1.41. The van der Waals surface area contributed by atoms with Crippen molar-refractivity contribution in [3.05, 3.63) is 57.6 Å². The molecule has 0 bridgehead atoms. The third kappa shape index (κ3) is 6.21. The van der Waals surface area contributed by atoms with E-state index in [0.717, 1.165) is 11.3 Å². The minimum absolute atomic E-state index is 0.178. The summed E-state index contributed by atoms with van der Waals surface area (Å²) in [5.74, 6) is 1.52. The van der Waals surface area contributed by atoms with Crippen molar-refractivity contribution in [2.75, 3.05) is 32.3 Å². The maximum absolute atomic E-state index is 13.1. The molecule has 2 aromatic rings. The summed E-state index contributed by atoms with van der Waals surface area (Å²) >= 11 is 13.7. The van der Waals surface area contributed by atoms with Gasteiger partial charge in [-0.3, -0.25) is 9.59 Å². The van der Waals surface area contributed by atoms with Crippen LogP contribution < -0.4 is 14.8 Å². The molecule has 1 unspecified atom stereocenters. The topological polar surface area (TPSA) is 67.9 Å². The molecule has 1 aliphatic heterocycles. The Kier molecular flexibility index (Phi) is 8.35. The Morgan fingerprint density at radius 1 is 1.13 bits per heavy atom. The molecule has 9 heteroatoms. The van der Waals surface area contributed by atoms with Crippen LogP contribution >= 0.6 is 35.0 Å². The van der Waals surface area contributed by atoms with Crippen molar-refractivity contribution in [1.82, 2.24) is 10.2 Å². The second-order valence-corrected chi connectivity index (χ2v) is 8.93. The van der Waals surface area contributed by atoms with Gasteiger partial charge in [0.1, 0.15) is 19.3 Å². The number of thioether (sulfide) groups is 1. The largest absolute Gasteiger partial charge is 0.486 e. The van der Waals surface area contributed by atoms with E-state index in [0.29, 0.717) is 42.7 Å². The summed E-state index contributed by atoms with van der Waals surface area (Å²) in [7, 11) is 1.71. The van der Waals surface area contributed by atoms with E-state index >= 15 is 0 Å². The molecule has 1 atom stereocenters. The molecule has 31 heavy (non-hydrogen) atoms. The van der Waals surface area contributed by atoms with Gasteiger partial charge in [0, 0.05) is 18.6 Å². The first-order valence-corrected chi connectivity index (χ1v) is 11.9. The number of hydrogen-bond donors (Lipinski definition) is 1. The van der Waals surface area contributed by atoms with E-state index in [1.165, 1.54) is 6.07 Å². The zero-order valence-electron chi connectivity index (χ0n) is 17.3. The normalized spacial score (nSPS) is 13.4. The van der Waals surface area contributed by atoms with Gasteiger partial charge < -0.3 is 19.7 Å². The summed E-state index contributed by atoms with van der Waals surface area (Å²) in [4.78, 5) is 27.5. The van der Waals surface area contributed by atoms with Crippen LogP contribution in [0.4, 0.5) is 0 Å². The fourth-order valence-corrected chi connectivity index (χ4v) is 4.17. The van der Waals surface area contributed by atoms with Crippen LogP contribution in [-0.2, 0) is 11.3 Å². The average Bonchev–Trinajstić information content (AvgIpc) is 2.75. The van der Waals surface area contributed by atoms with Gasteiger partial charge in [0.05, 0.1) is 10.6 Å². The van der Waals surface area contributed by atoms with Crippen molar-refractivity contribution < 1.29 is 19.1 Å². The highest BCUT2D eigenvalue weighted by Crippen LogP contribution is 2.31. The average molecular weight is 483 g/mol. The number of halogens is 2. The lowest BCUT2D eigenvalue weighted by atomic mass is 10.1. The Morgan fingerprint density at radius 2 is 1.87 bits per heavy atom. The van der Waals surface area contributed by atoms with Crippen molar-refractivity contribution in [2.45, 2.75) is 19.0 Å². The molecule has 0 radical (unpaired) electrons. The van der Waals surface area contributed by atoms with Crippen LogP contribution in [0.2, 0.25) is 10.0 Å². The summed E-state index contributed by atoms with van der Waals surface area (Å²) in [6.07, 6.45) is 2.46. The van der Waals surface area contributed by atoms with Crippen LogP contribution in [0.5, 0.6) is 11.5 Å². The molecule has 166 valence electrons. The molecule has 2 aromatic carbocycles. The van der Waals surface area contributed by atoms with Crippen LogP contribution in [0.25, 0.3) is 0 Å². The number of likely N-dealkylation sites (N-methyl/N-ethyl adjacent to an activating group) is 1. The Bertz CT molecular complexity index is 957. The predicted octanol–water partition coefficient (Wildman–Crippen LogP) is 4.27. The molecule has 1 aliphatic rings. The highest BCUT2D eigenvalue weighted by molar-refractivity contribution is 7.98. The van der Waals surface area contributed by atoms with Crippen LogP contribution in [0.3, 0.4) is 0 Å².